The first-order chi connectivity index (χ1) is 13.1. The zero-order valence-electron chi connectivity index (χ0n) is 14.4. The van der Waals surface area contributed by atoms with Gasteiger partial charge in [0.15, 0.2) is 0 Å². The molecule has 0 unspecified atom stereocenters. The summed E-state index contributed by atoms with van der Waals surface area (Å²) in [6, 6.07) is 23.0. The molecule has 3 nitrogen and oxygen atoms in total. The molecule has 1 heterocycles. The van der Waals surface area contributed by atoms with E-state index in [2.05, 4.69) is 22.4 Å². The van der Waals surface area contributed by atoms with Crippen LogP contribution in [0.5, 0.6) is 5.75 Å². The predicted molar refractivity (Wildman–Crippen MR) is 115 cm³/mol. The number of thiocarbonyl (C=S) groups is 1. The van der Waals surface area contributed by atoms with Gasteiger partial charge < -0.3 is 15.4 Å². The highest BCUT2D eigenvalue weighted by Crippen LogP contribution is 2.34. The minimum absolute atomic E-state index is 0.241. The van der Waals surface area contributed by atoms with Gasteiger partial charge in [0.25, 0.3) is 0 Å². The lowest BCUT2D eigenvalue weighted by Gasteiger charge is -2.10. The van der Waals surface area contributed by atoms with Crippen LogP contribution in [0.2, 0.25) is 5.02 Å². The number of benzene rings is 3. The Morgan fingerprint density at radius 3 is 2.59 bits per heavy atom. The smallest absolute Gasteiger partial charge is 0.124 e. The Hall–Kier alpha value is -2.82. The van der Waals surface area contributed by atoms with Gasteiger partial charge >= 0.3 is 0 Å². The van der Waals surface area contributed by atoms with Crippen LogP contribution < -0.4 is 5.32 Å². The average Bonchev–Trinajstić information content (AvgIpc) is 3.05. The first-order valence-electron chi connectivity index (χ1n) is 8.54. The van der Waals surface area contributed by atoms with Crippen LogP contribution in [0.25, 0.3) is 22.0 Å². The van der Waals surface area contributed by atoms with Gasteiger partial charge in [0.05, 0.1) is 5.69 Å². The summed E-state index contributed by atoms with van der Waals surface area (Å²) in [4.78, 5) is 4.04. The number of H-pyrrole nitrogens is 1. The van der Waals surface area contributed by atoms with E-state index in [0.29, 0.717) is 16.6 Å². The molecule has 27 heavy (non-hydrogen) atoms. The van der Waals surface area contributed by atoms with Gasteiger partial charge in [-0.05, 0) is 41.5 Å². The molecule has 0 saturated carbocycles. The molecule has 3 aromatic carbocycles. The van der Waals surface area contributed by atoms with Gasteiger partial charge in [-0.15, -0.1) is 0 Å². The van der Waals surface area contributed by atoms with E-state index >= 15 is 0 Å². The minimum atomic E-state index is 0.241. The summed E-state index contributed by atoms with van der Waals surface area (Å²) in [5.74, 6) is 0.241. The molecule has 0 amide bonds. The highest BCUT2D eigenvalue weighted by molar-refractivity contribution is 7.80. The fourth-order valence-corrected chi connectivity index (χ4v) is 3.57. The number of halogens is 1. The third-order valence-electron chi connectivity index (χ3n) is 4.41. The fourth-order valence-electron chi connectivity index (χ4n) is 3.18. The van der Waals surface area contributed by atoms with Crippen molar-refractivity contribution in [1.29, 1.82) is 0 Å². The number of aromatic hydroxyl groups is 1. The van der Waals surface area contributed by atoms with Crippen LogP contribution in [0.15, 0.2) is 72.8 Å². The third-order valence-corrected chi connectivity index (χ3v) is 5.00. The molecule has 0 spiro atoms. The summed E-state index contributed by atoms with van der Waals surface area (Å²) in [6.45, 7) is 0.525. The van der Waals surface area contributed by atoms with Crippen molar-refractivity contribution in [3.8, 4) is 16.9 Å². The zero-order chi connectivity index (χ0) is 18.8. The highest BCUT2D eigenvalue weighted by atomic mass is 35.5. The highest BCUT2D eigenvalue weighted by Gasteiger charge is 2.17. The lowest BCUT2D eigenvalue weighted by atomic mass is 10.0. The summed E-state index contributed by atoms with van der Waals surface area (Å²) >= 11 is 11.9. The second-order valence-electron chi connectivity index (χ2n) is 6.28. The van der Waals surface area contributed by atoms with Crippen molar-refractivity contribution < 1.29 is 5.11 Å². The van der Waals surface area contributed by atoms with Crippen molar-refractivity contribution >= 4 is 39.7 Å². The molecule has 3 N–H and O–H groups in total. The van der Waals surface area contributed by atoms with Gasteiger partial charge in [0.2, 0.25) is 0 Å². The van der Waals surface area contributed by atoms with E-state index in [1.54, 1.807) is 12.1 Å². The van der Waals surface area contributed by atoms with Crippen molar-refractivity contribution in [1.82, 2.24) is 10.3 Å². The van der Waals surface area contributed by atoms with Gasteiger partial charge in [-0.1, -0.05) is 66.3 Å². The summed E-state index contributed by atoms with van der Waals surface area (Å²) in [5, 5.41) is 14.6. The van der Waals surface area contributed by atoms with E-state index in [0.717, 1.165) is 33.3 Å². The Bertz CT molecular complexity index is 1120. The van der Waals surface area contributed by atoms with Crippen LogP contribution in [-0.2, 0) is 6.54 Å². The Labute approximate surface area is 167 Å². The first-order valence-corrected chi connectivity index (χ1v) is 9.33. The molecule has 5 heteroatoms. The Morgan fingerprint density at radius 1 is 1.00 bits per heavy atom. The van der Waals surface area contributed by atoms with Crippen LogP contribution in [0, 0.1) is 0 Å². The maximum Gasteiger partial charge on any atom is 0.124 e. The monoisotopic (exact) mass is 392 g/mol. The van der Waals surface area contributed by atoms with E-state index in [-0.39, 0.29) is 5.75 Å². The van der Waals surface area contributed by atoms with Gasteiger partial charge in [-0.25, -0.2) is 0 Å². The van der Waals surface area contributed by atoms with E-state index in [1.165, 1.54) is 0 Å². The largest absolute Gasteiger partial charge is 0.508 e. The van der Waals surface area contributed by atoms with E-state index in [4.69, 9.17) is 23.8 Å². The van der Waals surface area contributed by atoms with Crippen LogP contribution in [0.3, 0.4) is 0 Å². The number of aromatic nitrogens is 1. The molecule has 1 aromatic heterocycles. The van der Waals surface area contributed by atoms with E-state index < -0.39 is 0 Å². The SMILES string of the molecule is Oc1cccc(CNC(=S)c2[nH]c3ccc(Cl)cc3c2-c2ccccc2)c1. The molecule has 134 valence electrons. The maximum atomic E-state index is 9.63. The molecule has 0 aliphatic heterocycles. The number of nitrogens with one attached hydrogen (secondary N) is 2. The first kappa shape index (κ1) is 17.6. The van der Waals surface area contributed by atoms with Crippen molar-refractivity contribution in [3.05, 3.63) is 89.1 Å². The fraction of sp³-hybridized carbons (Fsp3) is 0.0455. The lowest BCUT2D eigenvalue weighted by molar-refractivity contribution is 0.474. The van der Waals surface area contributed by atoms with Crippen molar-refractivity contribution in [2.24, 2.45) is 0 Å². The van der Waals surface area contributed by atoms with Crippen LogP contribution in [0.4, 0.5) is 0 Å². The molecule has 0 fully saturated rings. The average molecular weight is 393 g/mol. The number of rotatable bonds is 4. The zero-order valence-corrected chi connectivity index (χ0v) is 15.9. The molecule has 4 rings (SSSR count). The molecular weight excluding hydrogens is 376 g/mol. The number of phenolic OH excluding ortho intramolecular Hbond substituents is 1. The third kappa shape index (κ3) is 3.68. The summed E-state index contributed by atoms with van der Waals surface area (Å²) in [5.41, 5.74) is 4.89. The summed E-state index contributed by atoms with van der Waals surface area (Å²) < 4.78 is 0. The van der Waals surface area contributed by atoms with Gasteiger partial charge in [-0.2, -0.15) is 0 Å². The molecule has 0 saturated heterocycles. The molecular formula is C22H17ClN2OS. The summed E-state index contributed by atoms with van der Waals surface area (Å²) in [7, 11) is 0. The van der Waals surface area contributed by atoms with Crippen molar-refractivity contribution in [2.45, 2.75) is 6.54 Å². The van der Waals surface area contributed by atoms with E-state index in [9.17, 15) is 5.11 Å². The standard InChI is InChI=1S/C22H17ClN2OS/c23-16-9-10-19-18(12-16)20(15-6-2-1-3-7-15)21(25-19)22(27)24-13-14-5-4-8-17(26)11-14/h1-12,25-26H,13H2,(H,24,27). The van der Waals surface area contributed by atoms with Crippen molar-refractivity contribution in [3.63, 3.8) is 0 Å². The number of hydrogen-bond acceptors (Lipinski definition) is 2. The Morgan fingerprint density at radius 2 is 1.81 bits per heavy atom. The molecule has 0 atom stereocenters. The number of phenols is 1. The van der Waals surface area contributed by atoms with E-state index in [1.807, 2.05) is 48.5 Å². The van der Waals surface area contributed by atoms with Gasteiger partial charge in [0, 0.05) is 28.0 Å². The summed E-state index contributed by atoms with van der Waals surface area (Å²) in [6.07, 6.45) is 0. The molecule has 0 aliphatic carbocycles. The molecule has 0 bridgehead atoms. The van der Waals surface area contributed by atoms with Crippen molar-refractivity contribution in [2.75, 3.05) is 0 Å². The Balaban J connectivity index is 1.73. The second kappa shape index (κ2) is 7.43. The van der Waals surface area contributed by atoms with Gasteiger partial charge in [0.1, 0.15) is 10.7 Å². The quantitative estimate of drug-likeness (QED) is 0.393. The number of hydrogen-bond donors (Lipinski definition) is 3. The number of aromatic amines is 1. The topological polar surface area (TPSA) is 48.0 Å². The lowest BCUT2D eigenvalue weighted by Crippen LogP contribution is -2.22. The minimum Gasteiger partial charge on any atom is -0.508 e. The maximum absolute atomic E-state index is 9.63. The predicted octanol–water partition coefficient (Wildman–Crippen LogP) is 5.66. The molecule has 0 aliphatic rings. The van der Waals surface area contributed by atoms with Crippen LogP contribution in [0.1, 0.15) is 11.3 Å². The van der Waals surface area contributed by atoms with Gasteiger partial charge in [-0.3, -0.25) is 0 Å². The van der Waals surface area contributed by atoms with Crippen LogP contribution >= 0.6 is 23.8 Å². The normalized spacial score (nSPS) is 10.9. The second-order valence-corrected chi connectivity index (χ2v) is 7.13. The molecule has 4 aromatic rings. The Kier molecular flexibility index (Phi) is 4.84. The molecule has 0 radical (unpaired) electrons. The van der Waals surface area contributed by atoms with Crippen LogP contribution in [-0.4, -0.2) is 15.1 Å². The number of fused-ring (bicyclic) bond motifs is 1.